The normalized spacial score (nSPS) is 11.3. The molecule has 0 unspecified atom stereocenters. The zero-order valence-electron chi connectivity index (χ0n) is 12.2. The van der Waals surface area contributed by atoms with Crippen LogP contribution in [0.2, 0.25) is 0 Å². The van der Waals surface area contributed by atoms with E-state index in [0.29, 0.717) is 5.92 Å². The lowest BCUT2D eigenvalue weighted by Gasteiger charge is -2.24. The van der Waals surface area contributed by atoms with Crippen LogP contribution in [0.25, 0.3) is 0 Å². The number of methoxy groups -OCH3 is 1. The van der Waals surface area contributed by atoms with Gasteiger partial charge >= 0.3 is 0 Å². The molecule has 1 rings (SSSR count). The lowest BCUT2D eigenvalue weighted by Crippen LogP contribution is -2.34. The Labute approximate surface area is 115 Å². The number of hydrogen-bond acceptors (Lipinski definition) is 3. The maximum atomic E-state index is 13.0. The van der Waals surface area contributed by atoms with Crippen LogP contribution in [0.1, 0.15) is 13.8 Å². The summed E-state index contributed by atoms with van der Waals surface area (Å²) in [6.07, 6.45) is 0. The molecule has 0 saturated heterocycles. The van der Waals surface area contributed by atoms with Gasteiger partial charge in [0.05, 0.1) is 6.61 Å². The van der Waals surface area contributed by atoms with Gasteiger partial charge in [0, 0.05) is 39.0 Å². The van der Waals surface area contributed by atoms with E-state index in [2.05, 4.69) is 24.1 Å². The Morgan fingerprint density at radius 1 is 1.32 bits per heavy atom. The third kappa shape index (κ3) is 7.13. The Hall–Kier alpha value is -1.13. The van der Waals surface area contributed by atoms with Crippen LogP contribution in [-0.4, -0.2) is 44.8 Å². The second-order valence-corrected chi connectivity index (χ2v) is 5.12. The van der Waals surface area contributed by atoms with Gasteiger partial charge in [0.25, 0.3) is 0 Å². The zero-order chi connectivity index (χ0) is 14.1. The van der Waals surface area contributed by atoms with Gasteiger partial charge in [-0.15, -0.1) is 0 Å². The van der Waals surface area contributed by atoms with Crippen LogP contribution in [0, 0.1) is 11.7 Å². The molecule has 19 heavy (non-hydrogen) atoms. The van der Waals surface area contributed by atoms with E-state index in [0.717, 1.165) is 38.5 Å². The number of hydrogen-bond donors (Lipinski definition) is 1. The summed E-state index contributed by atoms with van der Waals surface area (Å²) >= 11 is 0. The Morgan fingerprint density at radius 2 is 2.11 bits per heavy atom. The predicted molar refractivity (Wildman–Crippen MR) is 78.0 cm³/mol. The molecule has 0 radical (unpaired) electrons. The summed E-state index contributed by atoms with van der Waals surface area (Å²) in [6, 6.07) is 6.57. The monoisotopic (exact) mass is 268 g/mol. The fraction of sp³-hybridized carbons (Fsp3) is 0.600. The van der Waals surface area contributed by atoms with Gasteiger partial charge in [-0.2, -0.15) is 0 Å². The molecule has 1 N–H and O–H groups in total. The Bertz CT molecular complexity index is 358. The first-order chi connectivity index (χ1) is 9.11. The van der Waals surface area contributed by atoms with Crippen molar-refractivity contribution in [1.29, 1.82) is 0 Å². The summed E-state index contributed by atoms with van der Waals surface area (Å²) in [5.41, 5.74) is 0.830. The second kappa shape index (κ2) is 8.88. The molecule has 0 aliphatic heterocycles. The molecule has 0 bridgehead atoms. The minimum Gasteiger partial charge on any atom is -0.384 e. The first kappa shape index (κ1) is 15.9. The molecule has 1 aromatic carbocycles. The molecule has 0 heterocycles. The molecule has 0 aliphatic rings. The quantitative estimate of drug-likeness (QED) is 0.745. The zero-order valence-corrected chi connectivity index (χ0v) is 12.2. The van der Waals surface area contributed by atoms with E-state index in [4.69, 9.17) is 4.74 Å². The molecule has 0 amide bonds. The van der Waals surface area contributed by atoms with Gasteiger partial charge in [-0.3, -0.25) is 4.90 Å². The predicted octanol–water partition coefficient (Wildman–Crippen LogP) is 2.84. The topological polar surface area (TPSA) is 24.5 Å². The summed E-state index contributed by atoms with van der Waals surface area (Å²) < 4.78 is 18.1. The lowest BCUT2D eigenvalue weighted by molar-refractivity contribution is 0.143. The van der Waals surface area contributed by atoms with Crippen molar-refractivity contribution >= 4 is 5.69 Å². The van der Waals surface area contributed by atoms with E-state index < -0.39 is 0 Å². The van der Waals surface area contributed by atoms with Gasteiger partial charge < -0.3 is 10.1 Å². The highest BCUT2D eigenvalue weighted by atomic mass is 19.1. The smallest absolute Gasteiger partial charge is 0.125 e. The molecule has 1 aromatic rings. The number of anilines is 1. The van der Waals surface area contributed by atoms with E-state index >= 15 is 0 Å². The molecule has 4 heteroatoms. The van der Waals surface area contributed by atoms with Gasteiger partial charge in [0.1, 0.15) is 5.82 Å². The number of nitrogens with zero attached hydrogens (tertiary/aromatic N) is 1. The number of ether oxygens (including phenoxy) is 1. The standard InChI is InChI=1S/C15H25FN2O/c1-13(2)12-18(9-10-19-3)8-7-17-15-6-4-5-14(16)11-15/h4-6,11,13,17H,7-10,12H2,1-3H3. The van der Waals surface area contributed by atoms with Gasteiger partial charge in [0.15, 0.2) is 0 Å². The lowest BCUT2D eigenvalue weighted by atomic mass is 10.2. The van der Waals surface area contributed by atoms with Crippen molar-refractivity contribution in [3.05, 3.63) is 30.1 Å². The van der Waals surface area contributed by atoms with Gasteiger partial charge in [-0.05, 0) is 24.1 Å². The van der Waals surface area contributed by atoms with Crippen LogP contribution < -0.4 is 5.32 Å². The van der Waals surface area contributed by atoms with Crippen molar-refractivity contribution in [1.82, 2.24) is 4.90 Å². The largest absolute Gasteiger partial charge is 0.384 e. The molecular weight excluding hydrogens is 243 g/mol. The fourth-order valence-electron chi connectivity index (χ4n) is 1.99. The average Bonchev–Trinajstić information content (AvgIpc) is 2.35. The third-order valence-corrected chi connectivity index (χ3v) is 2.82. The number of halogens is 1. The summed E-state index contributed by atoms with van der Waals surface area (Å²) in [4.78, 5) is 2.36. The van der Waals surface area contributed by atoms with Gasteiger partial charge in [0.2, 0.25) is 0 Å². The minimum atomic E-state index is -0.205. The molecule has 108 valence electrons. The molecule has 0 saturated carbocycles. The van der Waals surface area contributed by atoms with Crippen molar-refractivity contribution in [2.24, 2.45) is 5.92 Å². The fourth-order valence-corrected chi connectivity index (χ4v) is 1.99. The van der Waals surface area contributed by atoms with Crippen LogP contribution in [0.15, 0.2) is 24.3 Å². The number of rotatable bonds is 9. The number of benzene rings is 1. The number of nitrogens with one attached hydrogen (secondary N) is 1. The summed E-state index contributed by atoms with van der Waals surface area (Å²) in [6.45, 7) is 8.87. The first-order valence-electron chi connectivity index (χ1n) is 6.82. The Morgan fingerprint density at radius 3 is 2.74 bits per heavy atom. The van der Waals surface area contributed by atoms with Crippen molar-refractivity contribution in [3.63, 3.8) is 0 Å². The van der Waals surface area contributed by atoms with Crippen LogP contribution >= 0.6 is 0 Å². The van der Waals surface area contributed by atoms with Gasteiger partial charge in [-0.25, -0.2) is 4.39 Å². The van der Waals surface area contributed by atoms with E-state index in [1.807, 2.05) is 6.07 Å². The molecule has 0 spiro atoms. The molecule has 0 fully saturated rings. The van der Waals surface area contributed by atoms with Crippen LogP contribution in [-0.2, 0) is 4.74 Å². The van der Waals surface area contributed by atoms with Crippen molar-refractivity contribution < 1.29 is 9.13 Å². The molecule has 0 aliphatic carbocycles. The van der Waals surface area contributed by atoms with Crippen molar-refractivity contribution in [2.45, 2.75) is 13.8 Å². The van der Waals surface area contributed by atoms with E-state index in [9.17, 15) is 4.39 Å². The average molecular weight is 268 g/mol. The second-order valence-electron chi connectivity index (χ2n) is 5.12. The van der Waals surface area contributed by atoms with Gasteiger partial charge in [-0.1, -0.05) is 19.9 Å². The summed E-state index contributed by atoms with van der Waals surface area (Å²) in [7, 11) is 1.72. The molecule has 0 aromatic heterocycles. The Kier molecular flexibility index (Phi) is 7.45. The minimum absolute atomic E-state index is 0.205. The van der Waals surface area contributed by atoms with E-state index in [1.165, 1.54) is 12.1 Å². The van der Waals surface area contributed by atoms with E-state index in [1.54, 1.807) is 13.2 Å². The highest BCUT2D eigenvalue weighted by Crippen LogP contribution is 2.08. The van der Waals surface area contributed by atoms with Crippen LogP contribution in [0.3, 0.4) is 0 Å². The van der Waals surface area contributed by atoms with E-state index in [-0.39, 0.29) is 5.82 Å². The maximum Gasteiger partial charge on any atom is 0.125 e. The summed E-state index contributed by atoms with van der Waals surface area (Å²) in [5, 5.41) is 3.24. The Balaban J connectivity index is 2.34. The van der Waals surface area contributed by atoms with Crippen LogP contribution in [0.5, 0.6) is 0 Å². The highest BCUT2D eigenvalue weighted by Gasteiger charge is 2.06. The van der Waals surface area contributed by atoms with Crippen molar-refractivity contribution in [3.8, 4) is 0 Å². The molecule has 0 atom stereocenters. The SMILES string of the molecule is COCCN(CCNc1cccc(F)c1)CC(C)C. The highest BCUT2D eigenvalue weighted by molar-refractivity contribution is 5.42. The summed E-state index contributed by atoms with van der Waals surface area (Å²) in [5.74, 6) is 0.425. The van der Waals surface area contributed by atoms with Crippen molar-refractivity contribution in [2.75, 3.05) is 45.2 Å². The first-order valence-corrected chi connectivity index (χ1v) is 6.82. The maximum absolute atomic E-state index is 13.0. The third-order valence-electron chi connectivity index (χ3n) is 2.82. The molecule has 3 nitrogen and oxygen atoms in total. The molecular formula is C15H25FN2O. The van der Waals surface area contributed by atoms with Crippen LogP contribution in [0.4, 0.5) is 10.1 Å².